The van der Waals surface area contributed by atoms with Gasteiger partial charge in [0.25, 0.3) is 0 Å². The molecule has 1 rings (SSSR count). The summed E-state index contributed by atoms with van der Waals surface area (Å²) in [6.07, 6.45) is 3.16. The zero-order chi connectivity index (χ0) is 19.8. The molecule has 1 aliphatic carbocycles. The number of hydrazone groups is 1. The second-order valence-electron chi connectivity index (χ2n) is 8.04. The van der Waals surface area contributed by atoms with E-state index >= 15 is 0 Å². The van der Waals surface area contributed by atoms with Crippen LogP contribution < -0.4 is 5.43 Å². The van der Waals surface area contributed by atoms with E-state index in [4.69, 9.17) is 5.26 Å². The third-order valence-electron chi connectivity index (χ3n) is 4.44. The minimum absolute atomic E-state index is 0.217. The third kappa shape index (κ3) is 5.53. The molecule has 1 fully saturated rings. The largest absolute Gasteiger partial charge is 0.305 e. The number of nitriles is 3. The van der Waals surface area contributed by atoms with Crippen LogP contribution in [-0.4, -0.2) is 23.8 Å². The molecular weight excluding hydrogens is 326 g/mol. The van der Waals surface area contributed by atoms with Gasteiger partial charge in [0.05, 0.1) is 42.3 Å². The average Bonchev–Trinajstić information content (AvgIpc) is 2.62. The van der Waals surface area contributed by atoms with Crippen LogP contribution in [0.15, 0.2) is 15.3 Å². The number of hydrogen-bond donors (Lipinski definition) is 1. The van der Waals surface area contributed by atoms with E-state index in [1.54, 1.807) is 13.8 Å². The van der Waals surface area contributed by atoms with Crippen molar-refractivity contribution in [3.8, 4) is 18.2 Å². The Kier molecular flexibility index (Phi) is 7.72. The molecule has 0 amide bonds. The minimum Gasteiger partial charge on any atom is -0.305 e. The van der Waals surface area contributed by atoms with Crippen molar-refractivity contribution >= 4 is 5.71 Å². The quantitative estimate of drug-likeness (QED) is 0.572. The van der Waals surface area contributed by atoms with Crippen LogP contribution in [0.2, 0.25) is 0 Å². The van der Waals surface area contributed by atoms with Gasteiger partial charge in [-0.3, -0.25) is 0 Å². The second-order valence-corrected chi connectivity index (χ2v) is 8.04. The molecule has 0 aromatic carbocycles. The molecule has 7 nitrogen and oxygen atoms in total. The highest BCUT2D eigenvalue weighted by Crippen LogP contribution is 2.41. The molecule has 140 valence electrons. The van der Waals surface area contributed by atoms with E-state index in [1.165, 1.54) is 0 Å². The van der Waals surface area contributed by atoms with E-state index in [-0.39, 0.29) is 18.0 Å². The van der Waals surface area contributed by atoms with Crippen LogP contribution in [0.25, 0.3) is 0 Å². The first-order chi connectivity index (χ1) is 12.2. The Hall–Kier alpha value is -2.46. The Morgan fingerprint density at radius 3 is 2.38 bits per heavy atom. The van der Waals surface area contributed by atoms with E-state index < -0.39 is 17.4 Å². The van der Waals surface area contributed by atoms with Crippen molar-refractivity contribution in [2.24, 2.45) is 32.6 Å². The predicted octanol–water partition coefficient (Wildman–Crippen LogP) is 3.95. The summed E-state index contributed by atoms with van der Waals surface area (Å²) >= 11 is 0. The van der Waals surface area contributed by atoms with Gasteiger partial charge < -0.3 is 5.43 Å². The molecule has 7 heteroatoms. The summed E-state index contributed by atoms with van der Waals surface area (Å²) in [6, 6.07) is 6.17. The smallest absolute Gasteiger partial charge is 0.122 e. The van der Waals surface area contributed by atoms with Crippen molar-refractivity contribution in [3.63, 3.8) is 0 Å². The van der Waals surface area contributed by atoms with Crippen molar-refractivity contribution in [2.45, 2.75) is 71.9 Å². The van der Waals surface area contributed by atoms with Gasteiger partial charge in [-0.05, 0) is 53.9 Å². The number of nitrogens with one attached hydrogen (secondary N) is 1. The molecule has 4 unspecified atom stereocenters. The van der Waals surface area contributed by atoms with Crippen LogP contribution in [0, 0.1) is 51.2 Å². The van der Waals surface area contributed by atoms with Crippen LogP contribution in [-0.2, 0) is 0 Å². The van der Waals surface area contributed by atoms with E-state index in [1.807, 2.05) is 20.8 Å². The maximum Gasteiger partial charge on any atom is 0.122 e. The van der Waals surface area contributed by atoms with Gasteiger partial charge in [0.1, 0.15) is 11.5 Å². The zero-order valence-corrected chi connectivity index (χ0v) is 16.5. The molecule has 4 atom stereocenters. The monoisotopic (exact) mass is 355 g/mol. The van der Waals surface area contributed by atoms with Gasteiger partial charge in [0.15, 0.2) is 0 Å². The summed E-state index contributed by atoms with van der Waals surface area (Å²) in [5.74, 6) is -0.731. The molecule has 1 saturated carbocycles. The summed E-state index contributed by atoms with van der Waals surface area (Å²) in [4.78, 5) is 0. The first-order valence-corrected chi connectivity index (χ1v) is 9.11. The topological polar surface area (TPSA) is 120 Å². The Balaban J connectivity index is 3.28. The molecule has 0 heterocycles. The van der Waals surface area contributed by atoms with E-state index in [9.17, 15) is 10.5 Å². The Labute approximate surface area is 156 Å². The maximum atomic E-state index is 10.1. The normalized spacial score (nSPS) is 25.7. The van der Waals surface area contributed by atoms with Gasteiger partial charge in [-0.15, -0.1) is 0 Å². The fourth-order valence-electron chi connectivity index (χ4n) is 2.95. The molecule has 1 N–H and O–H groups in total. The third-order valence-corrected chi connectivity index (χ3v) is 4.44. The lowest BCUT2D eigenvalue weighted by atomic mass is 9.66. The molecule has 26 heavy (non-hydrogen) atoms. The Bertz CT molecular complexity index is 653. The molecule has 0 aromatic rings. The number of hydrogen-bond acceptors (Lipinski definition) is 7. The SMILES string of the molecule is CC(C#N)CN=NC(C(C)C#N)C1(C#N)CCCCC1=NNC(C)(C)C. The van der Waals surface area contributed by atoms with E-state index in [2.05, 4.69) is 39.0 Å². The summed E-state index contributed by atoms with van der Waals surface area (Å²) < 4.78 is 0. The summed E-state index contributed by atoms with van der Waals surface area (Å²) in [6.45, 7) is 9.81. The van der Waals surface area contributed by atoms with Crippen molar-refractivity contribution in [1.29, 1.82) is 15.8 Å². The molecule has 0 spiro atoms. The van der Waals surface area contributed by atoms with Crippen molar-refractivity contribution in [2.75, 3.05) is 6.54 Å². The lowest BCUT2D eigenvalue weighted by molar-refractivity contribution is 0.302. The molecule has 0 radical (unpaired) electrons. The van der Waals surface area contributed by atoms with Crippen molar-refractivity contribution in [3.05, 3.63) is 0 Å². The summed E-state index contributed by atoms with van der Waals surface area (Å²) in [5.41, 5.74) is 2.71. The molecule has 0 aromatic heterocycles. The fourth-order valence-corrected chi connectivity index (χ4v) is 2.95. The molecular formula is C19H29N7. The van der Waals surface area contributed by atoms with Crippen molar-refractivity contribution < 1.29 is 0 Å². The highest BCUT2D eigenvalue weighted by molar-refractivity contribution is 5.94. The van der Waals surface area contributed by atoms with Gasteiger partial charge in [-0.1, -0.05) is 6.42 Å². The lowest BCUT2D eigenvalue weighted by Gasteiger charge is -2.38. The maximum absolute atomic E-state index is 10.1. The molecule has 0 aliphatic heterocycles. The van der Waals surface area contributed by atoms with Crippen molar-refractivity contribution in [1.82, 2.24) is 5.43 Å². The van der Waals surface area contributed by atoms with E-state index in [0.29, 0.717) is 12.8 Å². The number of rotatable bonds is 6. The zero-order valence-electron chi connectivity index (χ0n) is 16.5. The van der Waals surface area contributed by atoms with Crippen LogP contribution in [0.3, 0.4) is 0 Å². The van der Waals surface area contributed by atoms with Gasteiger partial charge in [-0.25, -0.2) is 0 Å². The molecule has 1 aliphatic rings. The van der Waals surface area contributed by atoms with Gasteiger partial charge in [0.2, 0.25) is 0 Å². The standard InChI is InChI=1S/C19H29N7/c1-14(10-20)12-23-25-17(15(2)11-21)19(13-22)9-7-6-8-16(19)24-26-18(3,4)5/h14-15,17,26H,6-9,12H2,1-5H3. The highest BCUT2D eigenvalue weighted by Gasteiger charge is 2.48. The van der Waals surface area contributed by atoms with Crippen LogP contribution >= 0.6 is 0 Å². The lowest BCUT2D eigenvalue weighted by Crippen LogP contribution is -2.47. The Morgan fingerprint density at radius 1 is 1.15 bits per heavy atom. The molecule has 0 saturated heterocycles. The highest BCUT2D eigenvalue weighted by atomic mass is 15.3. The van der Waals surface area contributed by atoms with Gasteiger partial charge in [0, 0.05) is 5.54 Å². The van der Waals surface area contributed by atoms with Gasteiger partial charge >= 0.3 is 0 Å². The summed E-state index contributed by atoms with van der Waals surface area (Å²) in [7, 11) is 0. The minimum atomic E-state index is -0.939. The van der Waals surface area contributed by atoms with Crippen LogP contribution in [0.4, 0.5) is 0 Å². The number of azo groups is 1. The second kappa shape index (κ2) is 9.30. The fraction of sp³-hybridized carbons (Fsp3) is 0.789. The number of nitrogens with zero attached hydrogens (tertiary/aromatic N) is 6. The first-order valence-electron chi connectivity index (χ1n) is 9.11. The molecule has 0 bridgehead atoms. The summed E-state index contributed by atoms with van der Waals surface area (Å²) in [5, 5.41) is 41.5. The Morgan fingerprint density at radius 2 is 1.85 bits per heavy atom. The van der Waals surface area contributed by atoms with Crippen LogP contribution in [0.1, 0.15) is 60.3 Å². The predicted molar refractivity (Wildman–Crippen MR) is 99.9 cm³/mol. The van der Waals surface area contributed by atoms with Crippen LogP contribution in [0.5, 0.6) is 0 Å². The van der Waals surface area contributed by atoms with Gasteiger partial charge in [-0.2, -0.15) is 31.1 Å². The van der Waals surface area contributed by atoms with E-state index in [0.717, 1.165) is 18.6 Å². The first kappa shape index (κ1) is 21.6. The average molecular weight is 355 g/mol.